The predicted octanol–water partition coefficient (Wildman–Crippen LogP) is -15.0. The summed E-state index contributed by atoms with van der Waals surface area (Å²) in [5.74, 6) is -3.23. The SMILES string of the molecule is CN(CCS(=O)(=O)[O-])c1nc(NCC(O)CO)nc(Nc2ccc(C=Cc3ccc(Nc4nc(NCCS(=O)(=O)[O-])nc(NCC(O)CO)n4)cc3S(=O)(=O)[O-])c(S(=O)(=O)[O-])c2)n1.[K+].[Na+].[Na+].[Na+]. The molecule has 0 aliphatic rings. The Morgan fingerprint density at radius 1 is 0.597 bits per heavy atom. The third kappa shape index (κ3) is 23.5. The number of rotatable bonds is 24. The van der Waals surface area contributed by atoms with Crippen LogP contribution in [0.4, 0.5) is 47.1 Å². The Labute approximate surface area is 493 Å². The zero-order valence-corrected chi connectivity index (χ0v) is 48.8. The molecule has 2 aromatic heterocycles. The molecule has 0 amide bonds. The van der Waals surface area contributed by atoms with Crippen molar-refractivity contribution >= 4 is 99.7 Å². The molecule has 9 N–H and O–H groups in total. The minimum Gasteiger partial charge on any atom is -0.748 e. The molecular weight excluding hydrogens is 1030 g/mol. The van der Waals surface area contributed by atoms with Gasteiger partial charge in [-0.1, -0.05) is 24.3 Å². The van der Waals surface area contributed by atoms with Gasteiger partial charge >= 0.3 is 140 Å². The van der Waals surface area contributed by atoms with Crippen LogP contribution in [-0.4, -0.2) is 172 Å². The van der Waals surface area contributed by atoms with Crippen molar-refractivity contribution in [2.75, 3.05) is 89.4 Å². The summed E-state index contributed by atoms with van der Waals surface area (Å²) in [7, 11) is -18.5. The number of nitrogens with zero attached hydrogens (tertiary/aromatic N) is 7. The van der Waals surface area contributed by atoms with E-state index in [0.717, 1.165) is 36.4 Å². The summed E-state index contributed by atoms with van der Waals surface area (Å²) in [6, 6.07) is 6.54. The molecule has 4 aromatic rings. The minimum absolute atomic E-state index is 0. The molecule has 28 nitrogen and oxygen atoms in total. The fourth-order valence-corrected chi connectivity index (χ4v) is 7.06. The van der Waals surface area contributed by atoms with Gasteiger partial charge in [0.2, 0.25) is 35.7 Å². The maximum atomic E-state index is 12.4. The average molecular weight is 1070 g/mol. The third-order valence-corrected chi connectivity index (χ3v) is 11.0. The first-order valence-corrected chi connectivity index (χ1v) is 23.6. The third-order valence-electron chi connectivity index (χ3n) is 7.85. The molecule has 4 rings (SSSR count). The fourth-order valence-electron chi connectivity index (χ4n) is 4.81. The van der Waals surface area contributed by atoms with Crippen molar-refractivity contribution in [3.05, 3.63) is 47.5 Å². The number of aliphatic hydroxyl groups excluding tert-OH is 4. The molecular formula is C31H38KN12Na3O16S4. The van der Waals surface area contributed by atoms with Gasteiger partial charge < -0.3 is 70.1 Å². The van der Waals surface area contributed by atoms with Gasteiger partial charge in [-0.2, -0.15) is 29.9 Å². The van der Waals surface area contributed by atoms with Crippen LogP contribution in [0.15, 0.2) is 46.2 Å². The molecule has 0 fully saturated rings. The minimum atomic E-state index is -5.28. The molecule has 0 saturated heterocycles. The Hall–Kier alpha value is -0.884. The van der Waals surface area contributed by atoms with Crippen molar-refractivity contribution in [1.82, 2.24) is 29.9 Å². The van der Waals surface area contributed by atoms with Crippen LogP contribution < -0.4 is 172 Å². The number of hydrogen-bond acceptors (Lipinski definition) is 28. The van der Waals surface area contributed by atoms with E-state index in [9.17, 15) is 62.1 Å². The van der Waals surface area contributed by atoms with Gasteiger partial charge in [0.25, 0.3) is 0 Å². The Kier molecular flexibility index (Phi) is 29.2. The zero-order valence-electron chi connectivity index (χ0n) is 36.4. The van der Waals surface area contributed by atoms with Gasteiger partial charge in [0.15, 0.2) is 0 Å². The number of benzene rings is 2. The van der Waals surface area contributed by atoms with Crippen LogP contribution in [0.3, 0.4) is 0 Å². The van der Waals surface area contributed by atoms with Crippen LogP contribution in [0.25, 0.3) is 12.2 Å². The maximum Gasteiger partial charge on any atom is 1.00 e. The first kappa shape index (κ1) is 66.1. The van der Waals surface area contributed by atoms with Gasteiger partial charge in [-0.25, -0.2) is 33.7 Å². The van der Waals surface area contributed by atoms with Crippen LogP contribution in [0.2, 0.25) is 0 Å². The molecule has 346 valence electrons. The first-order chi connectivity index (χ1) is 29.3. The van der Waals surface area contributed by atoms with Crippen molar-refractivity contribution in [2.45, 2.75) is 22.0 Å². The standard InChI is InChI=1S/C31H42N12O16S4.K.3Na/c1-43(9-11-61(51,52)53)31-41-28(34-15-23(47)17-45)40-30(42-31)36-21-7-5-19(25(13-21)63(57,58)59)3-2-18-4-6-20(12-24(18)62(54,55)56)35-29-38-26(32-8-10-60(48,49)50)37-27(39-29)33-14-22(46)16-44;;;;/h2-7,12-13,22-23,44-47H,8-11,14-17H2,1H3,(H,48,49,50)(H,51,52,53)(H,54,55,56)(H,57,58,59)(H2,34,36,40,41,42)(H3,32,33,35,37,38,39);;;;/q;4*+1/p-4. The Morgan fingerprint density at radius 3 is 1.37 bits per heavy atom. The summed E-state index contributed by atoms with van der Waals surface area (Å²) in [6.07, 6.45) is -0.436. The average Bonchev–Trinajstić information content (AvgIpc) is 3.19. The number of aliphatic hydroxyl groups is 4. The van der Waals surface area contributed by atoms with Crippen molar-refractivity contribution in [1.29, 1.82) is 0 Å². The van der Waals surface area contributed by atoms with Gasteiger partial charge in [0, 0.05) is 44.6 Å². The molecule has 0 saturated carbocycles. The molecule has 0 bridgehead atoms. The van der Waals surface area contributed by atoms with E-state index in [-0.39, 0.29) is 218 Å². The molecule has 0 aliphatic carbocycles. The number of nitrogens with one attached hydrogen (secondary N) is 5. The number of hydrogen-bond donors (Lipinski definition) is 9. The largest absolute Gasteiger partial charge is 1.00 e. The predicted molar refractivity (Wildman–Crippen MR) is 218 cm³/mol. The molecule has 0 radical (unpaired) electrons. The number of anilines is 8. The van der Waals surface area contributed by atoms with Crippen molar-refractivity contribution in [3.8, 4) is 0 Å². The monoisotopic (exact) mass is 1070 g/mol. The van der Waals surface area contributed by atoms with Gasteiger partial charge in [0.1, 0.15) is 20.2 Å². The molecule has 2 unspecified atom stereocenters. The second-order valence-electron chi connectivity index (χ2n) is 12.9. The summed E-state index contributed by atoms with van der Waals surface area (Å²) in [5, 5.41) is 50.7. The van der Waals surface area contributed by atoms with E-state index in [2.05, 4.69) is 56.5 Å². The second-order valence-corrected chi connectivity index (χ2v) is 18.6. The quantitative estimate of drug-likeness (QED) is 0.0179. The van der Waals surface area contributed by atoms with E-state index in [4.69, 9.17) is 10.2 Å². The molecule has 2 heterocycles. The summed E-state index contributed by atoms with van der Waals surface area (Å²) < 4.78 is 141. The van der Waals surface area contributed by atoms with Crippen molar-refractivity contribution in [3.63, 3.8) is 0 Å². The Morgan fingerprint density at radius 2 is 0.970 bits per heavy atom. The van der Waals surface area contributed by atoms with E-state index in [1.165, 1.54) is 24.1 Å². The molecule has 0 spiro atoms. The summed E-state index contributed by atoms with van der Waals surface area (Å²) in [5.41, 5.74) is -0.754. The van der Waals surface area contributed by atoms with E-state index in [1.807, 2.05) is 0 Å². The van der Waals surface area contributed by atoms with E-state index in [1.54, 1.807) is 0 Å². The van der Waals surface area contributed by atoms with E-state index < -0.39 is 93.7 Å². The maximum absolute atomic E-state index is 12.4. The molecule has 2 atom stereocenters. The smallest absolute Gasteiger partial charge is 0.748 e. The van der Waals surface area contributed by atoms with Crippen LogP contribution in [0, 0.1) is 0 Å². The van der Waals surface area contributed by atoms with E-state index >= 15 is 0 Å². The summed E-state index contributed by atoms with van der Waals surface area (Å²) >= 11 is 0. The Balaban J connectivity index is 0.0000109. The molecule has 2 aromatic carbocycles. The first-order valence-electron chi connectivity index (χ1n) is 17.6. The van der Waals surface area contributed by atoms with Crippen LogP contribution in [-0.2, 0) is 40.5 Å². The van der Waals surface area contributed by atoms with Crippen molar-refractivity contribution < 1.29 is 212 Å². The Bertz CT molecular complexity index is 2760. The molecule has 36 heteroatoms. The summed E-state index contributed by atoms with van der Waals surface area (Å²) in [6.45, 7) is -2.58. The van der Waals surface area contributed by atoms with Gasteiger partial charge in [-0.05, 0) is 35.4 Å². The summed E-state index contributed by atoms with van der Waals surface area (Å²) in [4.78, 5) is 23.8. The van der Waals surface area contributed by atoms with Crippen LogP contribution in [0.5, 0.6) is 0 Å². The van der Waals surface area contributed by atoms with Crippen LogP contribution in [0.1, 0.15) is 11.1 Å². The second kappa shape index (κ2) is 29.6. The van der Waals surface area contributed by atoms with Gasteiger partial charge in [0.05, 0.1) is 67.0 Å². The van der Waals surface area contributed by atoms with E-state index in [0.29, 0.717) is 0 Å². The molecule has 0 aliphatic heterocycles. The number of aromatic nitrogens is 6. The zero-order chi connectivity index (χ0) is 46.8. The van der Waals surface area contributed by atoms with Gasteiger partial charge in [-0.15, -0.1) is 0 Å². The molecule has 67 heavy (non-hydrogen) atoms. The van der Waals surface area contributed by atoms with Crippen molar-refractivity contribution in [2.24, 2.45) is 0 Å². The topological polar surface area (TPSA) is 450 Å². The normalized spacial score (nSPS) is 12.6. The van der Waals surface area contributed by atoms with Gasteiger partial charge in [-0.3, -0.25) is 0 Å². The fraction of sp³-hybridized carbons (Fsp3) is 0.355. The van der Waals surface area contributed by atoms with Crippen LogP contribution >= 0.6 is 0 Å².